The number of hydrogen-bond donors (Lipinski definition) is 0. The van der Waals surface area contributed by atoms with Gasteiger partial charge in [0.2, 0.25) is 0 Å². The third-order valence-corrected chi connectivity index (χ3v) is 4.51. The van der Waals surface area contributed by atoms with Gasteiger partial charge < -0.3 is 0 Å². The molecule has 1 heterocycles. The number of allylic oxidation sites excluding steroid dienone is 1. The van der Waals surface area contributed by atoms with Crippen LogP contribution >= 0.6 is 27.7 Å². The van der Waals surface area contributed by atoms with E-state index in [2.05, 4.69) is 15.9 Å². The molecular weight excluding hydrogens is 296 g/mol. The van der Waals surface area contributed by atoms with Crippen LogP contribution in [0.3, 0.4) is 0 Å². The summed E-state index contributed by atoms with van der Waals surface area (Å²) in [6.45, 7) is 0. The van der Waals surface area contributed by atoms with Crippen LogP contribution in [0.25, 0.3) is 6.08 Å². The molecular formula is C14H15BrOS. The zero-order chi connectivity index (χ0) is 12.1. The van der Waals surface area contributed by atoms with Crippen LogP contribution < -0.4 is 0 Å². The van der Waals surface area contributed by atoms with Crippen LogP contribution in [0.1, 0.15) is 18.4 Å². The minimum atomic E-state index is 0.253. The summed E-state index contributed by atoms with van der Waals surface area (Å²) in [5.74, 6) is 2.79. The summed E-state index contributed by atoms with van der Waals surface area (Å²) in [6.07, 6.45) is 5.72. The summed E-state index contributed by atoms with van der Waals surface area (Å²) >= 11 is 5.35. The van der Waals surface area contributed by atoms with Gasteiger partial charge in [0, 0.05) is 10.4 Å². The molecule has 0 saturated carbocycles. The summed E-state index contributed by atoms with van der Waals surface area (Å²) in [7, 11) is 0. The van der Waals surface area contributed by atoms with Gasteiger partial charge in [-0.15, -0.1) is 0 Å². The number of carbonyl (C=O) groups is 1. The Balaban J connectivity index is 1.95. The van der Waals surface area contributed by atoms with Gasteiger partial charge in [0.15, 0.2) is 5.78 Å². The molecule has 0 atom stereocenters. The molecule has 0 amide bonds. The van der Waals surface area contributed by atoms with Gasteiger partial charge in [-0.1, -0.05) is 34.1 Å². The van der Waals surface area contributed by atoms with Crippen molar-refractivity contribution in [2.75, 3.05) is 11.5 Å². The first-order valence-corrected chi connectivity index (χ1v) is 7.76. The van der Waals surface area contributed by atoms with Crippen molar-refractivity contribution in [3.8, 4) is 0 Å². The fourth-order valence-corrected chi connectivity index (χ4v) is 3.24. The molecule has 1 aromatic carbocycles. The highest BCUT2D eigenvalue weighted by Crippen LogP contribution is 2.24. The lowest BCUT2D eigenvalue weighted by Gasteiger charge is -2.18. The molecule has 1 saturated heterocycles. The SMILES string of the molecule is O=C(/C=C/c1ccc(Br)cc1)C1CCSCC1. The van der Waals surface area contributed by atoms with Gasteiger partial charge >= 0.3 is 0 Å². The van der Waals surface area contributed by atoms with Crippen LogP contribution in [-0.2, 0) is 4.79 Å². The Labute approximate surface area is 115 Å². The molecule has 1 aromatic rings. The van der Waals surface area contributed by atoms with E-state index >= 15 is 0 Å². The van der Waals surface area contributed by atoms with Gasteiger partial charge in [0.05, 0.1) is 0 Å². The Morgan fingerprint density at radius 3 is 2.53 bits per heavy atom. The number of rotatable bonds is 3. The first-order chi connectivity index (χ1) is 8.25. The molecule has 0 aromatic heterocycles. The first-order valence-electron chi connectivity index (χ1n) is 5.81. The van der Waals surface area contributed by atoms with E-state index in [4.69, 9.17) is 0 Å². The molecule has 1 aliphatic rings. The molecule has 0 N–H and O–H groups in total. The van der Waals surface area contributed by atoms with E-state index in [0.29, 0.717) is 0 Å². The molecule has 0 aliphatic carbocycles. The van der Waals surface area contributed by atoms with Crippen LogP contribution in [0.5, 0.6) is 0 Å². The van der Waals surface area contributed by atoms with Crippen molar-refractivity contribution in [3.63, 3.8) is 0 Å². The third-order valence-electron chi connectivity index (χ3n) is 2.93. The van der Waals surface area contributed by atoms with Gasteiger partial charge in [-0.2, -0.15) is 11.8 Å². The van der Waals surface area contributed by atoms with Crippen molar-refractivity contribution < 1.29 is 4.79 Å². The predicted octanol–water partition coefficient (Wildman–Crippen LogP) is 4.17. The number of halogens is 1. The zero-order valence-corrected chi connectivity index (χ0v) is 12.0. The van der Waals surface area contributed by atoms with E-state index in [1.165, 1.54) is 0 Å². The Morgan fingerprint density at radius 1 is 1.24 bits per heavy atom. The third kappa shape index (κ3) is 4.00. The van der Waals surface area contributed by atoms with Gasteiger partial charge in [-0.25, -0.2) is 0 Å². The largest absolute Gasteiger partial charge is 0.295 e. The lowest BCUT2D eigenvalue weighted by Crippen LogP contribution is -2.17. The Kier molecular flexibility index (Phi) is 4.86. The van der Waals surface area contributed by atoms with Crippen LogP contribution in [0.15, 0.2) is 34.8 Å². The lowest BCUT2D eigenvalue weighted by molar-refractivity contribution is -0.118. The summed E-state index contributed by atoms with van der Waals surface area (Å²) in [4.78, 5) is 11.9. The van der Waals surface area contributed by atoms with E-state index in [-0.39, 0.29) is 11.7 Å². The number of thioether (sulfide) groups is 1. The van der Waals surface area contributed by atoms with Crippen LogP contribution in [-0.4, -0.2) is 17.3 Å². The van der Waals surface area contributed by atoms with Crippen molar-refractivity contribution >= 4 is 39.6 Å². The molecule has 1 aliphatic heterocycles. The highest BCUT2D eigenvalue weighted by Gasteiger charge is 2.18. The molecule has 90 valence electrons. The van der Waals surface area contributed by atoms with E-state index in [1.807, 2.05) is 42.1 Å². The van der Waals surface area contributed by atoms with E-state index in [1.54, 1.807) is 6.08 Å². The molecule has 0 unspecified atom stereocenters. The highest BCUT2D eigenvalue weighted by molar-refractivity contribution is 9.10. The summed E-state index contributed by atoms with van der Waals surface area (Å²) in [5, 5.41) is 0. The second-order valence-corrected chi connectivity index (χ2v) is 6.31. The molecule has 3 heteroatoms. The van der Waals surface area contributed by atoms with E-state index < -0.39 is 0 Å². The molecule has 2 rings (SSSR count). The minimum absolute atomic E-state index is 0.253. The number of hydrogen-bond acceptors (Lipinski definition) is 2. The van der Waals surface area contributed by atoms with Crippen molar-refractivity contribution in [1.29, 1.82) is 0 Å². The van der Waals surface area contributed by atoms with Crippen LogP contribution in [0.2, 0.25) is 0 Å². The van der Waals surface area contributed by atoms with Crippen LogP contribution in [0.4, 0.5) is 0 Å². The second-order valence-electron chi connectivity index (χ2n) is 4.17. The zero-order valence-electron chi connectivity index (χ0n) is 9.56. The number of ketones is 1. The van der Waals surface area contributed by atoms with Crippen molar-refractivity contribution in [3.05, 3.63) is 40.4 Å². The molecule has 0 bridgehead atoms. The standard InChI is InChI=1S/C14H15BrOS/c15-13-4-1-11(2-5-13)3-6-14(16)12-7-9-17-10-8-12/h1-6,12H,7-10H2/b6-3+. The first kappa shape index (κ1) is 12.9. The Bertz CT molecular complexity index is 405. The van der Waals surface area contributed by atoms with Crippen molar-refractivity contribution in [2.24, 2.45) is 5.92 Å². The second kappa shape index (κ2) is 6.41. The average molecular weight is 311 g/mol. The molecule has 1 fully saturated rings. The van der Waals surface area contributed by atoms with Gasteiger partial charge in [0.25, 0.3) is 0 Å². The normalized spacial score (nSPS) is 17.5. The predicted molar refractivity (Wildman–Crippen MR) is 78.2 cm³/mol. The van der Waals surface area contributed by atoms with Gasteiger partial charge in [-0.05, 0) is 48.1 Å². The molecule has 0 radical (unpaired) electrons. The van der Waals surface area contributed by atoms with Crippen molar-refractivity contribution in [1.82, 2.24) is 0 Å². The van der Waals surface area contributed by atoms with E-state index in [0.717, 1.165) is 34.4 Å². The number of benzene rings is 1. The average Bonchev–Trinajstić information content (AvgIpc) is 2.39. The molecule has 0 spiro atoms. The fourth-order valence-electron chi connectivity index (χ4n) is 1.87. The summed E-state index contributed by atoms with van der Waals surface area (Å²) in [6, 6.07) is 7.98. The topological polar surface area (TPSA) is 17.1 Å². The number of carbonyl (C=O) groups excluding carboxylic acids is 1. The Morgan fingerprint density at radius 2 is 1.88 bits per heavy atom. The minimum Gasteiger partial charge on any atom is -0.295 e. The highest BCUT2D eigenvalue weighted by atomic mass is 79.9. The maximum absolute atomic E-state index is 11.9. The van der Waals surface area contributed by atoms with E-state index in [9.17, 15) is 4.79 Å². The summed E-state index contributed by atoms with van der Waals surface area (Å²) in [5.41, 5.74) is 1.08. The summed E-state index contributed by atoms with van der Waals surface area (Å²) < 4.78 is 1.06. The lowest BCUT2D eigenvalue weighted by atomic mass is 9.97. The quantitative estimate of drug-likeness (QED) is 0.779. The molecule has 17 heavy (non-hydrogen) atoms. The monoisotopic (exact) mass is 310 g/mol. The maximum atomic E-state index is 11.9. The van der Waals surface area contributed by atoms with Crippen molar-refractivity contribution in [2.45, 2.75) is 12.8 Å². The van der Waals surface area contributed by atoms with Gasteiger partial charge in [0.1, 0.15) is 0 Å². The van der Waals surface area contributed by atoms with Gasteiger partial charge in [-0.3, -0.25) is 4.79 Å². The van der Waals surface area contributed by atoms with Crippen LogP contribution in [0, 0.1) is 5.92 Å². The Hall–Kier alpha value is -0.540. The maximum Gasteiger partial charge on any atom is 0.158 e. The molecule has 1 nitrogen and oxygen atoms in total. The fraction of sp³-hybridized carbons (Fsp3) is 0.357. The smallest absolute Gasteiger partial charge is 0.158 e.